The summed E-state index contributed by atoms with van der Waals surface area (Å²) in [6.07, 6.45) is 0.180. The molecule has 3 N–H and O–H groups in total. The first-order chi connectivity index (χ1) is 9.32. The van der Waals surface area contributed by atoms with E-state index in [2.05, 4.69) is 5.32 Å². The first-order valence-electron chi connectivity index (χ1n) is 6.46. The molecule has 1 aromatic carbocycles. The fraction of sp³-hybridized carbons (Fsp3) is 0.462. The smallest absolute Gasteiger partial charge is 0.243 e. The van der Waals surface area contributed by atoms with Crippen molar-refractivity contribution >= 4 is 21.6 Å². The van der Waals surface area contributed by atoms with Gasteiger partial charge in [0.25, 0.3) is 0 Å². The lowest BCUT2D eigenvalue weighted by Crippen LogP contribution is -2.34. The van der Waals surface area contributed by atoms with Crippen molar-refractivity contribution in [2.45, 2.75) is 25.2 Å². The summed E-state index contributed by atoms with van der Waals surface area (Å²) in [5.41, 5.74) is 8.04. The van der Waals surface area contributed by atoms with Crippen LogP contribution >= 0.6 is 0 Å². The van der Waals surface area contributed by atoms with Gasteiger partial charge in [-0.3, -0.25) is 4.79 Å². The average molecular weight is 297 g/mol. The summed E-state index contributed by atoms with van der Waals surface area (Å²) in [7, 11) is -3.61. The van der Waals surface area contributed by atoms with Gasteiger partial charge in [0.15, 0.2) is 0 Å². The van der Waals surface area contributed by atoms with Gasteiger partial charge in [0.05, 0.1) is 4.90 Å². The predicted molar refractivity (Wildman–Crippen MR) is 76.7 cm³/mol. The topological polar surface area (TPSA) is 92.5 Å². The molecule has 0 aromatic heterocycles. The van der Waals surface area contributed by atoms with Gasteiger partial charge in [0, 0.05) is 31.7 Å². The molecule has 1 aliphatic heterocycles. The van der Waals surface area contributed by atoms with Crippen LogP contribution in [0.1, 0.15) is 17.5 Å². The number of nitrogens with two attached hydrogens (primary N) is 1. The number of rotatable bonds is 2. The van der Waals surface area contributed by atoms with E-state index in [4.69, 9.17) is 5.73 Å². The number of benzene rings is 1. The molecule has 0 atom stereocenters. The summed E-state index contributed by atoms with van der Waals surface area (Å²) in [5.74, 6) is -0.123. The molecule has 7 heteroatoms. The minimum Gasteiger partial charge on any atom is -0.398 e. The third kappa shape index (κ3) is 2.78. The zero-order chi connectivity index (χ0) is 14.9. The number of sulfonamides is 1. The number of nitrogen functional groups attached to an aromatic ring is 1. The van der Waals surface area contributed by atoms with Crippen molar-refractivity contribution < 1.29 is 13.2 Å². The van der Waals surface area contributed by atoms with Gasteiger partial charge < -0.3 is 11.1 Å². The van der Waals surface area contributed by atoms with E-state index >= 15 is 0 Å². The maximum absolute atomic E-state index is 12.6. The molecule has 0 saturated carbocycles. The Bertz CT molecular complexity index is 617. The lowest BCUT2D eigenvalue weighted by atomic mass is 10.1. The quantitative estimate of drug-likeness (QED) is 0.773. The maximum atomic E-state index is 12.6. The second-order valence-corrected chi connectivity index (χ2v) is 6.90. The summed E-state index contributed by atoms with van der Waals surface area (Å²) >= 11 is 0. The predicted octanol–water partition coefficient (Wildman–Crippen LogP) is 0.396. The Morgan fingerprint density at radius 3 is 2.60 bits per heavy atom. The molecular formula is C13H19N3O3S. The molecule has 110 valence electrons. The van der Waals surface area contributed by atoms with Crippen LogP contribution in [-0.2, 0) is 14.8 Å². The molecular weight excluding hydrogens is 278 g/mol. The summed E-state index contributed by atoms with van der Waals surface area (Å²) < 4.78 is 26.5. The monoisotopic (exact) mass is 297 g/mol. The van der Waals surface area contributed by atoms with Crippen LogP contribution in [0.15, 0.2) is 17.0 Å². The highest BCUT2D eigenvalue weighted by atomic mass is 32.2. The largest absolute Gasteiger partial charge is 0.398 e. The Labute approximate surface area is 119 Å². The van der Waals surface area contributed by atoms with Crippen LogP contribution in [0.3, 0.4) is 0 Å². The van der Waals surface area contributed by atoms with E-state index < -0.39 is 10.0 Å². The molecule has 1 aliphatic rings. The minimum atomic E-state index is -3.61. The number of hydrogen-bond donors (Lipinski definition) is 2. The standard InChI is InChI=1S/C13H19N3O3S/c1-9-7-11(8-12(14)10(9)2)20(18,19)16-5-3-13(17)15-4-6-16/h7-8H,3-6,14H2,1-2H3,(H,15,17). The normalized spacial score (nSPS) is 17.6. The van der Waals surface area contributed by atoms with Crippen LogP contribution in [0.25, 0.3) is 0 Å². The zero-order valence-electron chi connectivity index (χ0n) is 11.6. The molecule has 1 heterocycles. The van der Waals surface area contributed by atoms with Crippen LogP contribution in [0, 0.1) is 13.8 Å². The highest BCUT2D eigenvalue weighted by Crippen LogP contribution is 2.24. The van der Waals surface area contributed by atoms with Crippen molar-refractivity contribution in [3.05, 3.63) is 23.3 Å². The molecule has 0 bridgehead atoms. The second-order valence-electron chi connectivity index (χ2n) is 4.96. The molecule has 0 spiro atoms. The SMILES string of the molecule is Cc1cc(S(=O)(=O)N2CCNC(=O)CC2)cc(N)c1C. The van der Waals surface area contributed by atoms with Gasteiger partial charge in [-0.25, -0.2) is 8.42 Å². The Morgan fingerprint density at radius 1 is 1.25 bits per heavy atom. The summed E-state index contributed by atoms with van der Waals surface area (Å²) in [6, 6.07) is 3.11. The fourth-order valence-corrected chi connectivity index (χ4v) is 3.70. The highest BCUT2D eigenvalue weighted by Gasteiger charge is 2.27. The number of carbonyl (C=O) groups is 1. The zero-order valence-corrected chi connectivity index (χ0v) is 12.5. The number of carbonyl (C=O) groups excluding carboxylic acids is 1. The summed E-state index contributed by atoms with van der Waals surface area (Å²) in [5, 5.41) is 2.66. The summed E-state index contributed by atoms with van der Waals surface area (Å²) in [4.78, 5) is 11.5. The van der Waals surface area contributed by atoms with Gasteiger partial charge in [-0.05, 0) is 37.1 Å². The molecule has 0 unspecified atom stereocenters. The van der Waals surface area contributed by atoms with Crippen LogP contribution in [0.4, 0.5) is 5.69 Å². The molecule has 1 fully saturated rings. The van der Waals surface area contributed by atoms with Crippen LogP contribution < -0.4 is 11.1 Å². The van der Waals surface area contributed by atoms with Crippen LogP contribution in [-0.4, -0.2) is 38.3 Å². The average Bonchev–Trinajstić information content (AvgIpc) is 2.60. The minimum absolute atomic E-state index is 0.123. The summed E-state index contributed by atoms with van der Waals surface area (Å²) in [6.45, 7) is 4.49. The highest BCUT2D eigenvalue weighted by molar-refractivity contribution is 7.89. The number of nitrogens with zero attached hydrogens (tertiary/aromatic N) is 1. The number of anilines is 1. The van der Waals surface area contributed by atoms with Gasteiger partial charge in [-0.1, -0.05) is 0 Å². The van der Waals surface area contributed by atoms with E-state index in [0.29, 0.717) is 12.2 Å². The molecule has 6 nitrogen and oxygen atoms in total. The van der Waals surface area contributed by atoms with Gasteiger partial charge in [-0.2, -0.15) is 4.31 Å². The molecule has 2 rings (SSSR count). The van der Waals surface area contributed by atoms with Crippen molar-refractivity contribution in [2.24, 2.45) is 0 Å². The first-order valence-corrected chi connectivity index (χ1v) is 7.90. The first kappa shape index (κ1) is 14.8. The third-order valence-electron chi connectivity index (χ3n) is 3.59. The fourth-order valence-electron chi connectivity index (χ4n) is 2.14. The van der Waals surface area contributed by atoms with E-state index in [1.54, 1.807) is 6.07 Å². The molecule has 0 radical (unpaired) electrons. The lowest BCUT2D eigenvalue weighted by molar-refractivity contribution is -0.120. The Morgan fingerprint density at radius 2 is 1.95 bits per heavy atom. The molecule has 20 heavy (non-hydrogen) atoms. The van der Waals surface area contributed by atoms with E-state index in [0.717, 1.165) is 11.1 Å². The number of amides is 1. The Hall–Kier alpha value is -1.60. The molecule has 1 aromatic rings. The maximum Gasteiger partial charge on any atom is 0.243 e. The van der Waals surface area contributed by atoms with E-state index in [-0.39, 0.29) is 30.3 Å². The van der Waals surface area contributed by atoms with E-state index in [1.807, 2.05) is 13.8 Å². The molecule has 1 saturated heterocycles. The number of hydrogen-bond acceptors (Lipinski definition) is 4. The van der Waals surface area contributed by atoms with E-state index in [1.165, 1.54) is 10.4 Å². The van der Waals surface area contributed by atoms with Crippen molar-refractivity contribution in [3.63, 3.8) is 0 Å². The van der Waals surface area contributed by atoms with Gasteiger partial charge >= 0.3 is 0 Å². The number of aryl methyl sites for hydroxylation is 1. The third-order valence-corrected chi connectivity index (χ3v) is 5.47. The second kappa shape index (κ2) is 5.41. The van der Waals surface area contributed by atoms with Crippen molar-refractivity contribution in [2.75, 3.05) is 25.4 Å². The van der Waals surface area contributed by atoms with Crippen molar-refractivity contribution in [1.82, 2.24) is 9.62 Å². The van der Waals surface area contributed by atoms with Crippen molar-refractivity contribution in [1.29, 1.82) is 0 Å². The van der Waals surface area contributed by atoms with Crippen molar-refractivity contribution in [3.8, 4) is 0 Å². The number of nitrogens with one attached hydrogen (secondary N) is 1. The van der Waals surface area contributed by atoms with E-state index in [9.17, 15) is 13.2 Å². The van der Waals surface area contributed by atoms with Gasteiger partial charge in [-0.15, -0.1) is 0 Å². The van der Waals surface area contributed by atoms with Gasteiger partial charge in [0.2, 0.25) is 15.9 Å². The van der Waals surface area contributed by atoms with Crippen LogP contribution in [0.5, 0.6) is 0 Å². The Kier molecular flexibility index (Phi) is 4.01. The van der Waals surface area contributed by atoms with Gasteiger partial charge in [0.1, 0.15) is 0 Å². The van der Waals surface area contributed by atoms with Crippen LogP contribution in [0.2, 0.25) is 0 Å². The Balaban J connectivity index is 2.37. The molecule has 1 amide bonds. The molecule has 0 aliphatic carbocycles. The lowest BCUT2D eigenvalue weighted by Gasteiger charge is -2.20.